The van der Waals surface area contributed by atoms with E-state index < -0.39 is 0 Å². The van der Waals surface area contributed by atoms with Gasteiger partial charge in [0.1, 0.15) is 0 Å². The highest BCUT2D eigenvalue weighted by Gasteiger charge is 2.28. The van der Waals surface area contributed by atoms with Gasteiger partial charge in [0.25, 0.3) is 0 Å². The van der Waals surface area contributed by atoms with Crippen LogP contribution in [0, 0.1) is 11.3 Å². The summed E-state index contributed by atoms with van der Waals surface area (Å²) >= 11 is 0. The topological polar surface area (TPSA) is 46.3 Å². The van der Waals surface area contributed by atoms with Crippen LogP contribution in [0.25, 0.3) is 0 Å². The van der Waals surface area contributed by atoms with Crippen molar-refractivity contribution in [1.29, 1.82) is 0 Å². The zero-order valence-corrected chi connectivity index (χ0v) is 11.7. The van der Waals surface area contributed by atoms with Crippen molar-refractivity contribution in [3.8, 4) is 0 Å². The molecule has 1 rings (SSSR count). The van der Waals surface area contributed by atoms with Crippen LogP contribution in [0.3, 0.4) is 0 Å². The number of likely N-dealkylation sites (tertiary alicyclic amines) is 1. The van der Waals surface area contributed by atoms with Crippen molar-refractivity contribution in [3.63, 3.8) is 0 Å². The maximum Gasteiger partial charge on any atom is 0.222 e. The average Bonchev–Trinajstić information content (AvgIpc) is 2.60. The Bertz CT molecular complexity index is 251. The molecule has 17 heavy (non-hydrogen) atoms. The second-order valence-electron chi connectivity index (χ2n) is 6.17. The number of nitrogens with two attached hydrogens (primary N) is 1. The molecule has 3 heteroatoms. The van der Waals surface area contributed by atoms with Gasteiger partial charge in [0, 0.05) is 19.5 Å². The Kier molecular flexibility index (Phi) is 5.44. The SMILES string of the molecule is CCCC1CC(=O)N(CCCC(C)(C)CN)C1. The van der Waals surface area contributed by atoms with Crippen LogP contribution in [0.1, 0.15) is 52.9 Å². The highest BCUT2D eigenvalue weighted by atomic mass is 16.2. The number of carbonyl (C=O) groups excluding carboxylic acids is 1. The summed E-state index contributed by atoms with van der Waals surface area (Å²) in [5.41, 5.74) is 5.92. The highest BCUT2D eigenvalue weighted by molar-refractivity contribution is 5.78. The second-order valence-corrected chi connectivity index (χ2v) is 6.17. The third kappa shape index (κ3) is 4.66. The van der Waals surface area contributed by atoms with Crippen molar-refractivity contribution >= 4 is 5.91 Å². The van der Waals surface area contributed by atoms with Crippen molar-refractivity contribution in [2.75, 3.05) is 19.6 Å². The van der Waals surface area contributed by atoms with Crippen LogP contribution in [0.15, 0.2) is 0 Å². The van der Waals surface area contributed by atoms with Gasteiger partial charge in [0.05, 0.1) is 0 Å². The molecule has 100 valence electrons. The van der Waals surface area contributed by atoms with Crippen LogP contribution >= 0.6 is 0 Å². The van der Waals surface area contributed by atoms with Gasteiger partial charge in [0.15, 0.2) is 0 Å². The number of rotatable bonds is 7. The Morgan fingerprint density at radius 3 is 2.76 bits per heavy atom. The standard InChI is InChI=1S/C14H28N2O/c1-4-6-12-9-13(17)16(10-12)8-5-7-14(2,3)11-15/h12H,4-11,15H2,1-3H3. The predicted molar refractivity (Wildman–Crippen MR) is 71.7 cm³/mol. The molecule has 0 bridgehead atoms. The Morgan fingerprint density at radius 1 is 1.47 bits per heavy atom. The lowest BCUT2D eigenvalue weighted by Crippen LogP contribution is -2.29. The van der Waals surface area contributed by atoms with Gasteiger partial charge >= 0.3 is 0 Å². The fourth-order valence-corrected chi connectivity index (χ4v) is 2.52. The Hall–Kier alpha value is -0.570. The molecule has 1 fully saturated rings. The molecule has 0 aromatic carbocycles. The Labute approximate surface area is 106 Å². The molecule has 1 saturated heterocycles. The fourth-order valence-electron chi connectivity index (χ4n) is 2.52. The van der Waals surface area contributed by atoms with Gasteiger partial charge in [-0.25, -0.2) is 0 Å². The summed E-state index contributed by atoms with van der Waals surface area (Å²) in [7, 11) is 0. The Morgan fingerprint density at radius 2 is 2.18 bits per heavy atom. The van der Waals surface area contributed by atoms with E-state index in [0.29, 0.717) is 11.8 Å². The molecule has 1 amide bonds. The van der Waals surface area contributed by atoms with Crippen LogP contribution < -0.4 is 5.73 Å². The van der Waals surface area contributed by atoms with E-state index in [4.69, 9.17) is 5.73 Å². The third-order valence-corrected chi connectivity index (χ3v) is 3.83. The van der Waals surface area contributed by atoms with E-state index in [0.717, 1.165) is 38.9 Å². The quantitative estimate of drug-likeness (QED) is 0.742. The lowest BCUT2D eigenvalue weighted by Gasteiger charge is -2.24. The zero-order valence-electron chi connectivity index (χ0n) is 11.7. The smallest absolute Gasteiger partial charge is 0.222 e. The third-order valence-electron chi connectivity index (χ3n) is 3.83. The van der Waals surface area contributed by atoms with Gasteiger partial charge in [-0.05, 0) is 37.1 Å². The van der Waals surface area contributed by atoms with Crippen LogP contribution in [0.2, 0.25) is 0 Å². The van der Waals surface area contributed by atoms with E-state index in [9.17, 15) is 4.79 Å². The van der Waals surface area contributed by atoms with Gasteiger partial charge in [-0.3, -0.25) is 4.79 Å². The lowest BCUT2D eigenvalue weighted by molar-refractivity contribution is -0.127. The number of amides is 1. The first-order valence-electron chi connectivity index (χ1n) is 6.96. The molecule has 1 aliphatic heterocycles. The van der Waals surface area contributed by atoms with Crippen molar-refractivity contribution in [2.45, 2.75) is 52.9 Å². The number of hydrogen-bond donors (Lipinski definition) is 1. The van der Waals surface area contributed by atoms with Crippen LogP contribution in [-0.4, -0.2) is 30.4 Å². The molecule has 1 atom stereocenters. The van der Waals surface area contributed by atoms with Gasteiger partial charge < -0.3 is 10.6 Å². The van der Waals surface area contributed by atoms with Crippen LogP contribution in [-0.2, 0) is 4.79 Å². The largest absolute Gasteiger partial charge is 0.342 e. The van der Waals surface area contributed by atoms with E-state index in [2.05, 4.69) is 20.8 Å². The first-order chi connectivity index (χ1) is 7.98. The van der Waals surface area contributed by atoms with Gasteiger partial charge in [-0.1, -0.05) is 27.2 Å². The summed E-state index contributed by atoms with van der Waals surface area (Å²) in [6, 6.07) is 0. The van der Waals surface area contributed by atoms with Crippen molar-refractivity contribution in [1.82, 2.24) is 4.90 Å². The highest BCUT2D eigenvalue weighted by Crippen LogP contribution is 2.24. The second kappa shape index (κ2) is 6.39. The van der Waals surface area contributed by atoms with Crippen molar-refractivity contribution in [3.05, 3.63) is 0 Å². The summed E-state index contributed by atoms with van der Waals surface area (Å²) in [4.78, 5) is 13.8. The van der Waals surface area contributed by atoms with Crippen molar-refractivity contribution in [2.24, 2.45) is 17.1 Å². The molecule has 1 unspecified atom stereocenters. The monoisotopic (exact) mass is 240 g/mol. The summed E-state index contributed by atoms with van der Waals surface area (Å²) in [6.45, 7) is 9.20. The molecule has 0 spiro atoms. The predicted octanol–water partition coefficient (Wildman–Crippen LogP) is 2.40. The van der Waals surface area contributed by atoms with Crippen LogP contribution in [0.5, 0.6) is 0 Å². The van der Waals surface area contributed by atoms with E-state index in [1.54, 1.807) is 0 Å². The molecular formula is C14H28N2O. The zero-order chi connectivity index (χ0) is 12.9. The van der Waals surface area contributed by atoms with Crippen molar-refractivity contribution < 1.29 is 4.79 Å². The number of nitrogens with zero attached hydrogens (tertiary/aromatic N) is 1. The van der Waals surface area contributed by atoms with Gasteiger partial charge in [-0.2, -0.15) is 0 Å². The summed E-state index contributed by atoms with van der Waals surface area (Å²) < 4.78 is 0. The fraction of sp³-hybridized carbons (Fsp3) is 0.929. The summed E-state index contributed by atoms with van der Waals surface area (Å²) in [5.74, 6) is 0.962. The molecule has 2 N–H and O–H groups in total. The minimum absolute atomic E-state index is 0.214. The molecule has 1 aliphatic rings. The maximum atomic E-state index is 11.8. The van der Waals surface area contributed by atoms with E-state index in [-0.39, 0.29) is 5.41 Å². The first-order valence-corrected chi connectivity index (χ1v) is 6.96. The van der Waals surface area contributed by atoms with E-state index in [1.807, 2.05) is 4.90 Å². The molecular weight excluding hydrogens is 212 g/mol. The molecule has 0 aromatic rings. The van der Waals surface area contributed by atoms with Crippen LogP contribution in [0.4, 0.5) is 0 Å². The van der Waals surface area contributed by atoms with E-state index in [1.165, 1.54) is 12.8 Å². The Balaban J connectivity index is 2.26. The molecule has 0 aromatic heterocycles. The number of hydrogen-bond acceptors (Lipinski definition) is 2. The van der Waals surface area contributed by atoms with E-state index >= 15 is 0 Å². The normalized spacial score (nSPS) is 21.3. The summed E-state index contributed by atoms with van der Waals surface area (Å²) in [5, 5.41) is 0. The van der Waals surface area contributed by atoms with Gasteiger partial charge in [-0.15, -0.1) is 0 Å². The van der Waals surface area contributed by atoms with Gasteiger partial charge in [0.2, 0.25) is 5.91 Å². The maximum absolute atomic E-state index is 11.8. The molecule has 3 nitrogen and oxygen atoms in total. The minimum Gasteiger partial charge on any atom is -0.342 e. The molecule has 0 saturated carbocycles. The molecule has 1 heterocycles. The lowest BCUT2D eigenvalue weighted by atomic mass is 9.88. The molecule has 0 aliphatic carbocycles. The summed E-state index contributed by atoms with van der Waals surface area (Å²) in [6.07, 6.45) is 5.33. The average molecular weight is 240 g/mol. The number of carbonyl (C=O) groups is 1. The first kappa shape index (κ1) is 14.5. The molecule has 0 radical (unpaired) electrons. The minimum atomic E-state index is 0.214.